The average Bonchev–Trinajstić information content (AvgIpc) is 3.11. The zero-order valence-corrected chi connectivity index (χ0v) is 33.0. The Morgan fingerprint density at radius 2 is 1.08 bits per heavy atom. The smallest absolute Gasteiger partial charge is 0.462 e. The Bertz CT molecular complexity index is 1020. The fourth-order valence-electron chi connectivity index (χ4n) is 5.02. The fourth-order valence-corrected chi connectivity index (χ4v) is 5.79. The summed E-state index contributed by atoms with van der Waals surface area (Å²) in [5, 5.41) is 0. The van der Waals surface area contributed by atoms with Crippen LogP contribution in [0.1, 0.15) is 155 Å². The fraction of sp³-hybridized carbons (Fsp3) is 0.707. The molecule has 0 aromatic rings. The molecule has 0 amide bonds. The molecule has 51 heavy (non-hydrogen) atoms. The standard InChI is InChI=1S/C41H72NO8P/c1-3-5-7-9-11-13-15-17-18-19-20-22-24-26-28-30-32-34-41(44)50-39(38-49-51(45,46)48-36-35-42)37-47-40(43)33-31-29-27-25-23-21-16-14-12-10-8-6-4-2/h5,7,11,13,17-18,20,22,26,28,39H,3-4,6,8-10,12,14-16,19,21,23-25,27,29-38,42H2,1-2H3,(H,45,46)/b7-5-,13-11-,18-17-,22-20-,28-26-. The van der Waals surface area contributed by atoms with E-state index in [1.165, 1.54) is 64.2 Å². The number of hydrogen-bond acceptors (Lipinski definition) is 8. The number of phosphoric acid groups is 1. The highest BCUT2D eigenvalue weighted by molar-refractivity contribution is 7.47. The van der Waals surface area contributed by atoms with Crippen LogP contribution in [0, 0.1) is 0 Å². The highest BCUT2D eigenvalue weighted by Gasteiger charge is 2.25. The van der Waals surface area contributed by atoms with Crippen LogP contribution in [0.5, 0.6) is 0 Å². The monoisotopic (exact) mass is 737 g/mol. The molecule has 294 valence electrons. The summed E-state index contributed by atoms with van der Waals surface area (Å²) in [5.74, 6) is -0.900. The van der Waals surface area contributed by atoms with Crippen LogP contribution in [0.4, 0.5) is 0 Å². The summed E-state index contributed by atoms with van der Waals surface area (Å²) >= 11 is 0. The van der Waals surface area contributed by atoms with E-state index in [9.17, 15) is 19.0 Å². The van der Waals surface area contributed by atoms with Gasteiger partial charge in [-0.1, -0.05) is 152 Å². The van der Waals surface area contributed by atoms with E-state index < -0.39 is 32.5 Å². The van der Waals surface area contributed by atoms with Crippen molar-refractivity contribution in [3.8, 4) is 0 Å². The molecular formula is C41H72NO8P. The van der Waals surface area contributed by atoms with Crippen molar-refractivity contribution in [3.05, 3.63) is 60.8 Å². The maximum atomic E-state index is 12.5. The van der Waals surface area contributed by atoms with Gasteiger partial charge in [-0.3, -0.25) is 18.6 Å². The molecule has 0 saturated heterocycles. The van der Waals surface area contributed by atoms with Gasteiger partial charge in [-0.05, 0) is 51.4 Å². The lowest BCUT2D eigenvalue weighted by Crippen LogP contribution is -2.29. The first kappa shape index (κ1) is 48.7. The molecule has 0 spiro atoms. The minimum atomic E-state index is -4.39. The number of rotatable bonds is 36. The van der Waals surface area contributed by atoms with Crippen LogP contribution >= 0.6 is 7.82 Å². The Hall–Kier alpha value is -2.29. The van der Waals surface area contributed by atoms with E-state index in [1.54, 1.807) is 0 Å². The highest BCUT2D eigenvalue weighted by atomic mass is 31.2. The first-order valence-electron chi connectivity index (χ1n) is 19.8. The predicted octanol–water partition coefficient (Wildman–Crippen LogP) is 10.9. The van der Waals surface area contributed by atoms with Crippen LogP contribution in [0.2, 0.25) is 0 Å². The predicted molar refractivity (Wildman–Crippen MR) is 210 cm³/mol. The molecule has 10 heteroatoms. The van der Waals surface area contributed by atoms with Crippen molar-refractivity contribution in [2.45, 2.75) is 161 Å². The third-order valence-electron chi connectivity index (χ3n) is 7.92. The van der Waals surface area contributed by atoms with Crippen molar-refractivity contribution >= 4 is 19.8 Å². The van der Waals surface area contributed by atoms with Crippen molar-refractivity contribution in [2.75, 3.05) is 26.4 Å². The topological polar surface area (TPSA) is 134 Å². The van der Waals surface area contributed by atoms with Gasteiger partial charge in [-0.25, -0.2) is 4.57 Å². The molecule has 2 unspecified atom stereocenters. The lowest BCUT2D eigenvalue weighted by molar-refractivity contribution is -0.161. The van der Waals surface area contributed by atoms with E-state index in [1.807, 2.05) is 6.08 Å². The number of phosphoric ester groups is 1. The highest BCUT2D eigenvalue weighted by Crippen LogP contribution is 2.43. The number of esters is 2. The molecule has 0 aromatic carbocycles. The van der Waals surface area contributed by atoms with Crippen LogP contribution in [-0.4, -0.2) is 49.3 Å². The maximum absolute atomic E-state index is 12.5. The lowest BCUT2D eigenvalue weighted by atomic mass is 10.0. The number of carbonyl (C=O) groups excluding carboxylic acids is 2. The molecule has 0 aliphatic carbocycles. The first-order valence-corrected chi connectivity index (χ1v) is 21.3. The molecule has 0 aliphatic heterocycles. The quantitative estimate of drug-likeness (QED) is 0.0279. The number of unbranched alkanes of at least 4 members (excludes halogenated alkanes) is 13. The molecule has 0 aliphatic rings. The normalized spacial score (nSPS) is 14.0. The van der Waals surface area contributed by atoms with Crippen molar-refractivity contribution in [1.82, 2.24) is 0 Å². The Morgan fingerprint density at radius 1 is 0.608 bits per heavy atom. The summed E-state index contributed by atoms with van der Waals surface area (Å²) in [5.41, 5.74) is 5.33. The van der Waals surface area contributed by atoms with Crippen molar-refractivity contribution < 1.29 is 37.6 Å². The molecule has 0 radical (unpaired) electrons. The molecule has 2 atom stereocenters. The Balaban J connectivity index is 4.32. The Morgan fingerprint density at radius 3 is 1.59 bits per heavy atom. The van der Waals surface area contributed by atoms with E-state index in [2.05, 4.69) is 68.5 Å². The van der Waals surface area contributed by atoms with Gasteiger partial charge >= 0.3 is 19.8 Å². The molecule has 0 rings (SSSR count). The van der Waals surface area contributed by atoms with Gasteiger partial charge in [0.1, 0.15) is 6.61 Å². The maximum Gasteiger partial charge on any atom is 0.472 e. The second kappa shape index (κ2) is 37.5. The summed E-state index contributed by atoms with van der Waals surface area (Å²) in [6, 6.07) is 0. The lowest BCUT2D eigenvalue weighted by Gasteiger charge is -2.19. The second-order valence-electron chi connectivity index (χ2n) is 12.8. The molecule has 3 N–H and O–H groups in total. The van der Waals surface area contributed by atoms with Gasteiger partial charge < -0.3 is 20.1 Å². The van der Waals surface area contributed by atoms with E-state index >= 15 is 0 Å². The second-order valence-corrected chi connectivity index (χ2v) is 14.2. The Labute approximate surface area is 310 Å². The van der Waals surface area contributed by atoms with Gasteiger partial charge in [0, 0.05) is 19.4 Å². The summed E-state index contributed by atoms with van der Waals surface area (Å²) in [6.07, 6.45) is 42.6. The van der Waals surface area contributed by atoms with E-state index in [0.29, 0.717) is 12.8 Å². The minimum Gasteiger partial charge on any atom is -0.462 e. The van der Waals surface area contributed by atoms with Gasteiger partial charge in [-0.15, -0.1) is 0 Å². The first-order chi connectivity index (χ1) is 24.8. The minimum absolute atomic E-state index is 0.0427. The molecule has 0 heterocycles. The van der Waals surface area contributed by atoms with E-state index in [0.717, 1.165) is 51.4 Å². The van der Waals surface area contributed by atoms with Crippen LogP contribution in [0.25, 0.3) is 0 Å². The van der Waals surface area contributed by atoms with Gasteiger partial charge in [0.15, 0.2) is 6.10 Å². The summed E-state index contributed by atoms with van der Waals surface area (Å²) in [7, 11) is -4.39. The molecule has 0 fully saturated rings. The van der Waals surface area contributed by atoms with Gasteiger partial charge in [0.2, 0.25) is 0 Å². The third-order valence-corrected chi connectivity index (χ3v) is 8.90. The van der Waals surface area contributed by atoms with E-state index in [4.69, 9.17) is 24.3 Å². The van der Waals surface area contributed by atoms with Crippen LogP contribution in [0.3, 0.4) is 0 Å². The summed E-state index contributed by atoms with van der Waals surface area (Å²) < 4.78 is 32.6. The van der Waals surface area contributed by atoms with Crippen LogP contribution < -0.4 is 5.73 Å². The molecule has 0 aromatic heterocycles. The summed E-state index contributed by atoms with van der Waals surface area (Å²) in [6.45, 7) is 3.53. The van der Waals surface area contributed by atoms with Gasteiger partial charge in [0.05, 0.1) is 13.2 Å². The van der Waals surface area contributed by atoms with Gasteiger partial charge in [0.25, 0.3) is 0 Å². The number of nitrogens with two attached hydrogens (primary N) is 1. The number of allylic oxidation sites excluding steroid dienone is 10. The molecule has 0 saturated carbocycles. The summed E-state index contributed by atoms with van der Waals surface area (Å²) in [4.78, 5) is 34.7. The van der Waals surface area contributed by atoms with E-state index in [-0.39, 0.29) is 32.6 Å². The number of carbonyl (C=O) groups is 2. The zero-order valence-electron chi connectivity index (χ0n) is 32.1. The van der Waals surface area contributed by atoms with Crippen molar-refractivity contribution in [2.24, 2.45) is 5.73 Å². The van der Waals surface area contributed by atoms with Gasteiger partial charge in [-0.2, -0.15) is 0 Å². The SMILES string of the molecule is CC/C=C\C/C=C\C/C=C\C/C=C\C/C=C\CCCC(=O)OC(COC(=O)CCCCCCCCCCCCCCC)COP(=O)(O)OCCN. The molecule has 0 bridgehead atoms. The largest absolute Gasteiger partial charge is 0.472 e. The zero-order chi connectivity index (χ0) is 37.5. The third kappa shape index (κ3) is 37.3. The average molecular weight is 738 g/mol. The Kier molecular flexibility index (Phi) is 35.8. The number of ether oxygens (including phenoxy) is 2. The van der Waals surface area contributed by atoms with Crippen molar-refractivity contribution in [1.29, 1.82) is 0 Å². The molecular weight excluding hydrogens is 665 g/mol. The van der Waals surface area contributed by atoms with Crippen LogP contribution in [0.15, 0.2) is 60.8 Å². The molecule has 9 nitrogen and oxygen atoms in total. The van der Waals surface area contributed by atoms with Crippen molar-refractivity contribution in [3.63, 3.8) is 0 Å². The number of hydrogen-bond donors (Lipinski definition) is 2. The van der Waals surface area contributed by atoms with Crippen LogP contribution in [-0.2, 0) is 32.7 Å².